The zero-order chi connectivity index (χ0) is 14.8. The maximum absolute atomic E-state index is 12.9. The number of piperidine rings is 2. The fourth-order valence-electron chi connectivity index (χ4n) is 3.80. The van der Waals surface area contributed by atoms with Crippen LogP contribution in [-0.4, -0.2) is 54.9 Å². The second-order valence-electron chi connectivity index (χ2n) is 6.40. The van der Waals surface area contributed by atoms with Crippen molar-refractivity contribution >= 4 is 5.78 Å². The molecule has 4 heteroatoms. The number of halogens is 1. The van der Waals surface area contributed by atoms with Gasteiger partial charge in [-0.2, -0.15) is 0 Å². The minimum absolute atomic E-state index is 0.0950. The third-order valence-corrected chi connectivity index (χ3v) is 4.96. The summed E-state index contributed by atoms with van der Waals surface area (Å²) in [6.07, 6.45) is 3.69. The average molecular weight is 290 g/mol. The van der Waals surface area contributed by atoms with Gasteiger partial charge in [0.1, 0.15) is 5.82 Å². The van der Waals surface area contributed by atoms with Gasteiger partial charge in [0.25, 0.3) is 0 Å². The maximum Gasteiger partial charge on any atom is 0.176 e. The lowest BCUT2D eigenvalue weighted by molar-refractivity contribution is 0.0378. The monoisotopic (exact) mass is 290 g/mol. The topological polar surface area (TPSA) is 23.6 Å². The third kappa shape index (κ3) is 3.33. The Morgan fingerprint density at radius 2 is 2.00 bits per heavy atom. The van der Waals surface area contributed by atoms with E-state index in [0.29, 0.717) is 24.1 Å². The molecule has 2 atom stereocenters. The summed E-state index contributed by atoms with van der Waals surface area (Å²) in [7, 11) is 2.22. The van der Waals surface area contributed by atoms with Crippen molar-refractivity contribution in [1.29, 1.82) is 0 Å². The van der Waals surface area contributed by atoms with Crippen molar-refractivity contribution in [2.24, 2.45) is 5.92 Å². The molecular formula is C17H23FN2O. The molecule has 114 valence electrons. The number of nitrogens with zero attached hydrogens (tertiary/aromatic N) is 2. The van der Waals surface area contributed by atoms with Crippen LogP contribution in [0.1, 0.15) is 29.6 Å². The van der Waals surface area contributed by atoms with Crippen LogP contribution in [0.2, 0.25) is 0 Å². The molecule has 3 rings (SSSR count). The van der Waals surface area contributed by atoms with Gasteiger partial charge < -0.3 is 4.90 Å². The standard InChI is InChI=1S/C17H23FN2O/c1-19-9-2-3-14-11-20(10-8-16(14)19)12-17(21)13-4-6-15(18)7-5-13/h4-7,14,16H,2-3,8-12H2,1H3. The average Bonchev–Trinajstić information content (AvgIpc) is 2.48. The van der Waals surface area contributed by atoms with Gasteiger partial charge in [-0.05, 0) is 63.0 Å². The zero-order valence-electron chi connectivity index (χ0n) is 12.6. The number of Topliss-reactive ketones (excluding diaryl/α,β-unsaturated/α-hetero) is 1. The van der Waals surface area contributed by atoms with Crippen LogP contribution in [0.5, 0.6) is 0 Å². The van der Waals surface area contributed by atoms with E-state index < -0.39 is 0 Å². The number of hydrogen-bond acceptors (Lipinski definition) is 3. The number of carbonyl (C=O) groups is 1. The Hall–Kier alpha value is -1.26. The summed E-state index contributed by atoms with van der Waals surface area (Å²) in [6, 6.07) is 6.57. The van der Waals surface area contributed by atoms with Crippen molar-refractivity contribution in [3.8, 4) is 0 Å². The van der Waals surface area contributed by atoms with Gasteiger partial charge in [0, 0.05) is 24.7 Å². The second-order valence-corrected chi connectivity index (χ2v) is 6.40. The highest BCUT2D eigenvalue weighted by molar-refractivity contribution is 5.97. The quantitative estimate of drug-likeness (QED) is 0.799. The van der Waals surface area contributed by atoms with Gasteiger partial charge in [-0.3, -0.25) is 9.69 Å². The van der Waals surface area contributed by atoms with Crippen molar-refractivity contribution < 1.29 is 9.18 Å². The van der Waals surface area contributed by atoms with E-state index in [1.165, 1.54) is 31.5 Å². The van der Waals surface area contributed by atoms with Crippen LogP contribution >= 0.6 is 0 Å². The lowest BCUT2D eigenvalue weighted by Gasteiger charge is -2.45. The Morgan fingerprint density at radius 3 is 2.76 bits per heavy atom. The smallest absolute Gasteiger partial charge is 0.176 e. The highest BCUT2D eigenvalue weighted by Crippen LogP contribution is 2.29. The summed E-state index contributed by atoms with van der Waals surface area (Å²) in [5.41, 5.74) is 0.610. The first-order valence-corrected chi connectivity index (χ1v) is 7.85. The third-order valence-electron chi connectivity index (χ3n) is 4.96. The van der Waals surface area contributed by atoms with E-state index in [1.54, 1.807) is 12.1 Å². The summed E-state index contributed by atoms with van der Waals surface area (Å²) >= 11 is 0. The molecule has 0 spiro atoms. The minimum atomic E-state index is -0.294. The van der Waals surface area contributed by atoms with Crippen molar-refractivity contribution in [3.05, 3.63) is 35.6 Å². The van der Waals surface area contributed by atoms with Crippen LogP contribution in [0.4, 0.5) is 4.39 Å². The number of ketones is 1. The molecule has 0 saturated carbocycles. The van der Waals surface area contributed by atoms with E-state index in [1.807, 2.05) is 0 Å². The SMILES string of the molecule is CN1CCCC2CN(CC(=O)c3ccc(F)cc3)CCC21. The molecule has 3 nitrogen and oxygen atoms in total. The maximum atomic E-state index is 12.9. The van der Waals surface area contributed by atoms with Crippen LogP contribution in [0, 0.1) is 11.7 Å². The first-order valence-electron chi connectivity index (χ1n) is 7.85. The summed E-state index contributed by atoms with van der Waals surface area (Å²) in [6.45, 7) is 3.66. The first kappa shape index (κ1) is 14.7. The van der Waals surface area contributed by atoms with Crippen molar-refractivity contribution in [3.63, 3.8) is 0 Å². The second kappa shape index (κ2) is 6.24. The summed E-state index contributed by atoms with van der Waals surface area (Å²) < 4.78 is 12.9. The van der Waals surface area contributed by atoms with E-state index in [2.05, 4.69) is 16.8 Å². The van der Waals surface area contributed by atoms with Crippen molar-refractivity contribution in [1.82, 2.24) is 9.80 Å². The number of likely N-dealkylation sites (tertiary alicyclic amines) is 2. The number of fused-ring (bicyclic) bond motifs is 1. The van der Waals surface area contributed by atoms with Gasteiger partial charge in [-0.1, -0.05) is 0 Å². The van der Waals surface area contributed by atoms with Crippen LogP contribution < -0.4 is 0 Å². The first-order chi connectivity index (χ1) is 10.1. The summed E-state index contributed by atoms with van der Waals surface area (Å²) in [4.78, 5) is 17.0. The van der Waals surface area contributed by atoms with Crippen LogP contribution in [0.3, 0.4) is 0 Å². The number of carbonyl (C=O) groups excluding carboxylic acids is 1. The van der Waals surface area contributed by atoms with E-state index in [0.717, 1.165) is 19.5 Å². The Kier molecular flexibility index (Phi) is 4.36. The van der Waals surface area contributed by atoms with Crippen LogP contribution in [0.15, 0.2) is 24.3 Å². The molecule has 2 unspecified atom stereocenters. The van der Waals surface area contributed by atoms with Crippen LogP contribution in [0.25, 0.3) is 0 Å². The van der Waals surface area contributed by atoms with Gasteiger partial charge in [-0.15, -0.1) is 0 Å². The van der Waals surface area contributed by atoms with Crippen molar-refractivity contribution in [2.75, 3.05) is 33.2 Å². The number of benzene rings is 1. The fourth-order valence-corrected chi connectivity index (χ4v) is 3.80. The predicted octanol–water partition coefficient (Wildman–Crippen LogP) is 2.42. The van der Waals surface area contributed by atoms with Gasteiger partial charge in [-0.25, -0.2) is 4.39 Å². The Morgan fingerprint density at radius 1 is 1.24 bits per heavy atom. The molecule has 1 aromatic carbocycles. The Labute approximate surface area is 125 Å². The Balaban J connectivity index is 1.59. The molecule has 2 heterocycles. The molecule has 2 fully saturated rings. The number of rotatable bonds is 3. The molecule has 0 amide bonds. The van der Waals surface area contributed by atoms with Crippen LogP contribution in [-0.2, 0) is 0 Å². The molecule has 0 radical (unpaired) electrons. The molecule has 0 N–H and O–H groups in total. The molecule has 0 aromatic heterocycles. The van der Waals surface area contributed by atoms with Gasteiger partial charge in [0.15, 0.2) is 5.78 Å². The van der Waals surface area contributed by atoms with E-state index in [-0.39, 0.29) is 11.6 Å². The number of hydrogen-bond donors (Lipinski definition) is 0. The largest absolute Gasteiger partial charge is 0.303 e. The highest BCUT2D eigenvalue weighted by Gasteiger charge is 2.34. The lowest BCUT2D eigenvalue weighted by atomic mass is 9.84. The molecule has 0 bridgehead atoms. The van der Waals surface area contributed by atoms with E-state index in [4.69, 9.17) is 0 Å². The van der Waals surface area contributed by atoms with Crippen molar-refractivity contribution in [2.45, 2.75) is 25.3 Å². The molecule has 2 aliphatic heterocycles. The zero-order valence-corrected chi connectivity index (χ0v) is 12.6. The van der Waals surface area contributed by atoms with Gasteiger partial charge >= 0.3 is 0 Å². The molecule has 0 aliphatic carbocycles. The highest BCUT2D eigenvalue weighted by atomic mass is 19.1. The minimum Gasteiger partial charge on any atom is -0.303 e. The molecule has 2 aliphatic rings. The van der Waals surface area contributed by atoms with Gasteiger partial charge in [0.2, 0.25) is 0 Å². The Bertz CT molecular complexity index is 502. The summed E-state index contributed by atoms with van der Waals surface area (Å²) in [5.74, 6) is 0.494. The molecular weight excluding hydrogens is 267 g/mol. The predicted molar refractivity (Wildman–Crippen MR) is 80.9 cm³/mol. The van der Waals surface area contributed by atoms with E-state index in [9.17, 15) is 9.18 Å². The molecule has 21 heavy (non-hydrogen) atoms. The summed E-state index contributed by atoms with van der Waals surface area (Å²) in [5, 5.41) is 0. The van der Waals surface area contributed by atoms with Gasteiger partial charge in [0.05, 0.1) is 6.54 Å². The fraction of sp³-hybridized carbons (Fsp3) is 0.588. The molecule has 2 saturated heterocycles. The van der Waals surface area contributed by atoms with E-state index >= 15 is 0 Å². The normalized spacial score (nSPS) is 27.3. The molecule has 1 aromatic rings. The lowest BCUT2D eigenvalue weighted by Crippen LogP contribution is -2.53.